The Morgan fingerprint density at radius 3 is 2.39 bits per heavy atom. The second-order valence-electron chi connectivity index (χ2n) is 6.97. The lowest BCUT2D eigenvalue weighted by molar-refractivity contribution is -0.115. The van der Waals surface area contributed by atoms with E-state index in [2.05, 4.69) is 41.3 Å². The Bertz CT molecular complexity index is 1110. The van der Waals surface area contributed by atoms with Crippen molar-refractivity contribution in [3.05, 3.63) is 82.4 Å². The van der Waals surface area contributed by atoms with E-state index in [-0.39, 0.29) is 5.91 Å². The summed E-state index contributed by atoms with van der Waals surface area (Å²) in [4.78, 5) is 20.3. The molecular formula is C23H20ClN3O. The topological polar surface area (TPSA) is 57.8 Å². The average Bonchev–Trinajstić information content (AvgIpc) is 3.07. The van der Waals surface area contributed by atoms with E-state index >= 15 is 0 Å². The Kier molecular flexibility index (Phi) is 4.88. The summed E-state index contributed by atoms with van der Waals surface area (Å²) in [6.07, 6.45) is 0.307. The fourth-order valence-electron chi connectivity index (χ4n) is 3.11. The molecule has 0 spiro atoms. The quantitative estimate of drug-likeness (QED) is 0.471. The second kappa shape index (κ2) is 7.49. The summed E-state index contributed by atoms with van der Waals surface area (Å²) in [6.45, 7) is 4.18. The molecule has 0 aliphatic rings. The summed E-state index contributed by atoms with van der Waals surface area (Å²) in [5.74, 6) is 0.754. The van der Waals surface area contributed by atoms with Gasteiger partial charge in [0.25, 0.3) is 0 Å². The number of anilines is 1. The van der Waals surface area contributed by atoms with E-state index in [1.165, 1.54) is 11.1 Å². The largest absolute Gasteiger partial charge is 0.338 e. The summed E-state index contributed by atoms with van der Waals surface area (Å²) in [5.41, 5.74) is 7.10. The number of fused-ring (bicyclic) bond motifs is 1. The molecule has 0 unspecified atom stereocenters. The van der Waals surface area contributed by atoms with E-state index in [0.717, 1.165) is 33.7 Å². The van der Waals surface area contributed by atoms with Gasteiger partial charge < -0.3 is 10.3 Å². The van der Waals surface area contributed by atoms with Gasteiger partial charge in [0.15, 0.2) is 0 Å². The van der Waals surface area contributed by atoms with Crippen molar-refractivity contribution in [2.24, 2.45) is 0 Å². The summed E-state index contributed by atoms with van der Waals surface area (Å²) >= 11 is 5.88. The molecule has 1 heterocycles. The lowest BCUT2D eigenvalue weighted by atomic mass is 10.1. The minimum Gasteiger partial charge on any atom is -0.338 e. The summed E-state index contributed by atoms with van der Waals surface area (Å²) < 4.78 is 0. The van der Waals surface area contributed by atoms with Crippen molar-refractivity contribution in [3.8, 4) is 11.4 Å². The number of halogens is 1. The number of carbonyl (C=O) groups excluding carboxylic acids is 1. The molecule has 4 rings (SSSR count). The first kappa shape index (κ1) is 18.3. The lowest BCUT2D eigenvalue weighted by Crippen LogP contribution is -2.14. The van der Waals surface area contributed by atoms with E-state index in [0.29, 0.717) is 11.4 Å². The predicted molar refractivity (Wildman–Crippen MR) is 115 cm³/mol. The number of carbonyl (C=O) groups is 1. The fourth-order valence-corrected chi connectivity index (χ4v) is 3.24. The third-order valence-electron chi connectivity index (χ3n) is 4.82. The zero-order valence-corrected chi connectivity index (χ0v) is 16.5. The second-order valence-corrected chi connectivity index (χ2v) is 7.40. The van der Waals surface area contributed by atoms with Crippen molar-refractivity contribution in [1.82, 2.24) is 9.97 Å². The van der Waals surface area contributed by atoms with Gasteiger partial charge in [0.05, 0.1) is 17.5 Å². The smallest absolute Gasteiger partial charge is 0.228 e. The minimum atomic E-state index is -0.0650. The molecule has 3 aromatic carbocycles. The number of benzene rings is 3. The van der Waals surface area contributed by atoms with Gasteiger partial charge in [0.1, 0.15) is 5.82 Å². The Hall–Kier alpha value is -3.11. The van der Waals surface area contributed by atoms with Crippen LogP contribution in [0.5, 0.6) is 0 Å². The Balaban J connectivity index is 1.47. The van der Waals surface area contributed by atoms with Crippen LogP contribution in [0, 0.1) is 13.8 Å². The molecule has 0 aliphatic carbocycles. The molecule has 4 aromatic rings. The molecule has 0 fully saturated rings. The van der Waals surface area contributed by atoms with E-state index in [9.17, 15) is 4.79 Å². The van der Waals surface area contributed by atoms with Gasteiger partial charge in [-0.1, -0.05) is 23.7 Å². The number of H-pyrrole nitrogens is 1. The van der Waals surface area contributed by atoms with Crippen LogP contribution < -0.4 is 5.32 Å². The molecule has 0 radical (unpaired) electrons. The van der Waals surface area contributed by atoms with Crippen LogP contribution in [0.25, 0.3) is 22.4 Å². The highest BCUT2D eigenvalue weighted by Gasteiger charge is 2.08. The predicted octanol–water partition coefficient (Wildman–Crippen LogP) is 5.68. The monoisotopic (exact) mass is 389 g/mol. The molecule has 0 saturated heterocycles. The van der Waals surface area contributed by atoms with Crippen molar-refractivity contribution in [2.75, 3.05) is 5.32 Å². The Morgan fingerprint density at radius 1 is 1.00 bits per heavy atom. The highest BCUT2D eigenvalue weighted by molar-refractivity contribution is 6.30. The lowest BCUT2D eigenvalue weighted by Gasteiger charge is -2.06. The van der Waals surface area contributed by atoms with E-state index < -0.39 is 0 Å². The van der Waals surface area contributed by atoms with Crippen LogP contribution in [0.3, 0.4) is 0 Å². The third kappa shape index (κ3) is 3.92. The van der Waals surface area contributed by atoms with Crippen molar-refractivity contribution in [1.29, 1.82) is 0 Å². The normalized spacial score (nSPS) is 11.0. The number of aromatic nitrogens is 2. The van der Waals surface area contributed by atoms with Crippen molar-refractivity contribution >= 4 is 34.2 Å². The van der Waals surface area contributed by atoms with Crippen LogP contribution >= 0.6 is 11.6 Å². The number of rotatable bonds is 4. The van der Waals surface area contributed by atoms with E-state index in [1.54, 1.807) is 12.1 Å². The van der Waals surface area contributed by atoms with Gasteiger partial charge in [-0.2, -0.15) is 0 Å². The van der Waals surface area contributed by atoms with Gasteiger partial charge in [-0.25, -0.2) is 4.98 Å². The molecule has 28 heavy (non-hydrogen) atoms. The standard InChI is InChI=1S/C23H20ClN3O/c1-14-11-20-21(12-15(14)2)27-23(26-20)17-5-9-19(10-6-17)25-22(28)13-16-3-7-18(24)8-4-16/h3-12H,13H2,1-2H3,(H,25,28)(H,26,27). The van der Waals surface area contributed by atoms with Crippen LogP contribution in [-0.2, 0) is 11.2 Å². The summed E-state index contributed by atoms with van der Waals surface area (Å²) in [7, 11) is 0. The molecule has 140 valence electrons. The van der Waals surface area contributed by atoms with Crippen molar-refractivity contribution in [2.45, 2.75) is 20.3 Å². The van der Waals surface area contributed by atoms with Crippen LogP contribution in [0.1, 0.15) is 16.7 Å². The van der Waals surface area contributed by atoms with Crippen molar-refractivity contribution in [3.63, 3.8) is 0 Å². The zero-order valence-electron chi connectivity index (χ0n) is 15.7. The first-order chi connectivity index (χ1) is 13.5. The summed E-state index contributed by atoms with van der Waals surface area (Å²) in [5, 5.41) is 3.59. The van der Waals surface area contributed by atoms with E-state index in [4.69, 9.17) is 11.6 Å². The van der Waals surface area contributed by atoms with Gasteiger partial charge in [-0.3, -0.25) is 4.79 Å². The average molecular weight is 390 g/mol. The van der Waals surface area contributed by atoms with Gasteiger partial charge >= 0.3 is 0 Å². The molecular weight excluding hydrogens is 370 g/mol. The fraction of sp³-hybridized carbons (Fsp3) is 0.130. The van der Waals surface area contributed by atoms with Gasteiger partial charge in [0, 0.05) is 16.3 Å². The SMILES string of the molecule is Cc1cc2nc(-c3ccc(NC(=O)Cc4ccc(Cl)cc4)cc3)[nH]c2cc1C. The van der Waals surface area contributed by atoms with Crippen molar-refractivity contribution < 1.29 is 4.79 Å². The number of hydrogen-bond donors (Lipinski definition) is 2. The molecule has 5 heteroatoms. The van der Waals surface area contributed by atoms with Crippen LogP contribution in [0.2, 0.25) is 5.02 Å². The number of aryl methyl sites for hydroxylation is 2. The van der Waals surface area contributed by atoms with Crippen LogP contribution in [0.15, 0.2) is 60.7 Å². The zero-order chi connectivity index (χ0) is 19.7. The molecule has 2 N–H and O–H groups in total. The molecule has 1 amide bonds. The first-order valence-corrected chi connectivity index (χ1v) is 9.47. The Morgan fingerprint density at radius 2 is 1.68 bits per heavy atom. The van der Waals surface area contributed by atoms with Gasteiger partial charge in [-0.15, -0.1) is 0 Å². The number of amides is 1. The molecule has 1 aromatic heterocycles. The maximum absolute atomic E-state index is 12.2. The maximum Gasteiger partial charge on any atom is 0.228 e. The van der Waals surface area contributed by atoms with Crippen LogP contribution in [0.4, 0.5) is 5.69 Å². The molecule has 4 nitrogen and oxygen atoms in total. The highest BCUT2D eigenvalue weighted by Crippen LogP contribution is 2.24. The minimum absolute atomic E-state index is 0.0650. The Labute approximate surface area is 168 Å². The molecule has 0 bridgehead atoms. The highest BCUT2D eigenvalue weighted by atomic mass is 35.5. The van der Waals surface area contributed by atoms with Crippen LogP contribution in [-0.4, -0.2) is 15.9 Å². The van der Waals surface area contributed by atoms with Gasteiger partial charge in [-0.05, 0) is 79.1 Å². The first-order valence-electron chi connectivity index (χ1n) is 9.09. The number of hydrogen-bond acceptors (Lipinski definition) is 2. The van der Waals surface area contributed by atoms with Gasteiger partial charge in [0.2, 0.25) is 5.91 Å². The maximum atomic E-state index is 12.2. The summed E-state index contributed by atoms with van der Waals surface area (Å²) in [6, 6.07) is 19.2. The number of imidazole rings is 1. The molecule has 0 atom stereocenters. The third-order valence-corrected chi connectivity index (χ3v) is 5.07. The number of nitrogens with zero attached hydrogens (tertiary/aromatic N) is 1. The molecule has 0 saturated carbocycles. The van der Waals surface area contributed by atoms with E-state index in [1.807, 2.05) is 36.4 Å². The number of aromatic amines is 1. The molecule has 0 aliphatic heterocycles. The number of nitrogens with one attached hydrogen (secondary N) is 2.